The van der Waals surface area contributed by atoms with Crippen LogP contribution in [-0.2, 0) is 0 Å². The van der Waals surface area contributed by atoms with Gasteiger partial charge in [-0.3, -0.25) is 0 Å². The molecule has 2 N–H and O–H groups in total. The van der Waals surface area contributed by atoms with E-state index in [2.05, 4.69) is 84.9 Å². The first-order valence-corrected chi connectivity index (χ1v) is 8.75. The van der Waals surface area contributed by atoms with Crippen LogP contribution in [0.4, 0.5) is 0 Å². The molecule has 1 heteroatoms. The normalized spacial score (nSPS) is 12.2. The van der Waals surface area contributed by atoms with E-state index in [1.165, 1.54) is 16.7 Å². The Bertz CT molecular complexity index is 667. The molecule has 0 amide bonds. The molecule has 1 atom stereocenters. The molecule has 0 aliphatic rings. The van der Waals surface area contributed by atoms with E-state index in [0.29, 0.717) is 5.92 Å². The maximum absolute atomic E-state index is 6.36. The van der Waals surface area contributed by atoms with Crippen molar-refractivity contribution in [3.05, 3.63) is 108 Å². The molecule has 0 bridgehead atoms. The highest BCUT2D eigenvalue weighted by Crippen LogP contribution is 2.30. The summed E-state index contributed by atoms with van der Waals surface area (Å²) in [5.74, 6) is 0.440. The van der Waals surface area contributed by atoms with Crippen LogP contribution in [-0.4, -0.2) is 0 Å². The molecule has 0 radical (unpaired) electrons. The summed E-state index contributed by atoms with van der Waals surface area (Å²) in [5, 5.41) is 0. The summed E-state index contributed by atoms with van der Waals surface area (Å²) in [7, 11) is 0. The zero-order chi connectivity index (χ0) is 16.6. The monoisotopic (exact) mass is 315 g/mol. The highest BCUT2D eigenvalue weighted by molar-refractivity contribution is 5.32. The predicted octanol–water partition coefficient (Wildman–Crippen LogP) is 5.69. The summed E-state index contributed by atoms with van der Waals surface area (Å²) in [6.45, 7) is 0. The number of hydrogen-bond acceptors (Lipinski definition) is 1. The molecule has 0 fully saturated rings. The third-order valence-electron chi connectivity index (χ3n) is 4.64. The minimum atomic E-state index is 0.124. The zero-order valence-electron chi connectivity index (χ0n) is 14.0. The second-order valence-electron chi connectivity index (χ2n) is 6.32. The van der Waals surface area contributed by atoms with Gasteiger partial charge >= 0.3 is 0 Å². The second kappa shape index (κ2) is 8.47. The molecule has 0 aliphatic heterocycles. The summed E-state index contributed by atoms with van der Waals surface area (Å²) in [4.78, 5) is 0. The molecular weight excluding hydrogens is 290 g/mol. The van der Waals surface area contributed by atoms with Crippen molar-refractivity contribution in [2.24, 2.45) is 5.73 Å². The Balaban J connectivity index is 1.67. The Morgan fingerprint density at radius 3 is 1.42 bits per heavy atom. The Morgan fingerprint density at radius 2 is 0.958 bits per heavy atom. The SMILES string of the molecule is N[C@H](CCCC(c1ccccc1)c1ccccc1)c1ccccc1. The fourth-order valence-electron chi connectivity index (χ4n) is 3.31. The average Bonchev–Trinajstić information content (AvgIpc) is 2.67. The Hall–Kier alpha value is -2.38. The second-order valence-corrected chi connectivity index (χ2v) is 6.32. The third kappa shape index (κ3) is 4.33. The first-order valence-electron chi connectivity index (χ1n) is 8.75. The molecule has 3 aromatic carbocycles. The summed E-state index contributed by atoms with van der Waals surface area (Å²) >= 11 is 0. The summed E-state index contributed by atoms with van der Waals surface area (Å²) in [5.41, 5.74) is 10.4. The van der Waals surface area contributed by atoms with Gasteiger partial charge in [0.1, 0.15) is 0 Å². The van der Waals surface area contributed by atoms with E-state index in [1.807, 2.05) is 6.07 Å². The smallest absolute Gasteiger partial charge is 0.0294 e. The third-order valence-corrected chi connectivity index (χ3v) is 4.64. The van der Waals surface area contributed by atoms with Gasteiger partial charge in [0.15, 0.2) is 0 Å². The van der Waals surface area contributed by atoms with Gasteiger partial charge in [0, 0.05) is 12.0 Å². The van der Waals surface area contributed by atoms with Crippen LogP contribution in [0, 0.1) is 0 Å². The van der Waals surface area contributed by atoms with E-state index in [9.17, 15) is 0 Å². The van der Waals surface area contributed by atoms with Crippen molar-refractivity contribution in [1.29, 1.82) is 0 Å². The van der Waals surface area contributed by atoms with Gasteiger partial charge in [0.05, 0.1) is 0 Å². The van der Waals surface area contributed by atoms with Crippen molar-refractivity contribution in [3.8, 4) is 0 Å². The molecule has 0 saturated carbocycles. The minimum Gasteiger partial charge on any atom is -0.324 e. The highest BCUT2D eigenvalue weighted by Gasteiger charge is 2.14. The van der Waals surface area contributed by atoms with Gasteiger partial charge in [-0.2, -0.15) is 0 Å². The van der Waals surface area contributed by atoms with Gasteiger partial charge in [0.25, 0.3) is 0 Å². The number of rotatable bonds is 7. The summed E-state index contributed by atoms with van der Waals surface area (Å²) < 4.78 is 0. The molecule has 3 rings (SSSR count). The standard InChI is InChI=1S/C23H25N/c24-23(21-15-8-3-9-16-21)18-10-17-22(19-11-4-1-5-12-19)20-13-6-2-7-14-20/h1-9,11-16,22-23H,10,17-18,24H2/t23-/m1/s1. The maximum atomic E-state index is 6.36. The van der Waals surface area contributed by atoms with E-state index < -0.39 is 0 Å². The van der Waals surface area contributed by atoms with Crippen molar-refractivity contribution < 1.29 is 0 Å². The Labute approximate surface area is 145 Å². The van der Waals surface area contributed by atoms with E-state index in [4.69, 9.17) is 5.73 Å². The van der Waals surface area contributed by atoms with E-state index in [0.717, 1.165) is 19.3 Å². The molecule has 122 valence electrons. The van der Waals surface area contributed by atoms with E-state index in [-0.39, 0.29) is 6.04 Å². The van der Waals surface area contributed by atoms with Crippen molar-refractivity contribution in [2.75, 3.05) is 0 Å². The summed E-state index contributed by atoms with van der Waals surface area (Å²) in [6.07, 6.45) is 3.25. The van der Waals surface area contributed by atoms with Gasteiger partial charge in [-0.15, -0.1) is 0 Å². The van der Waals surface area contributed by atoms with Crippen LogP contribution in [0.25, 0.3) is 0 Å². The Morgan fingerprint density at radius 1 is 0.542 bits per heavy atom. The van der Waals surface area contributed by atoms with Gasteiger partial charge in [0.2, 0.25) is 0 Å². The van der Waals surface area contributed by atoms with Crippen LogP contribution in [0.5, 0.6) is 0 Å². The molecule has 3 aromatic rings. The van der Waals surface area contributed by atoms with Crippen LogP contribution < -0.4 is 5.73 Å². The Kier molecular flexibility index (Phi) is 5.81. The van der Waals surface area contributed by atoms with Crippen LogP contribution in [0.3, 0.4) is 0 Å². The van der Waals surface area contributed by atoms with Crippen molar-refractivity contribution in [2.45, 2.75) is 31.2 Å². The number of nitrogens with two attached hydrogens (primary N) is 1. The van der Waals surface area contributed by atoms with Gasteiger partial charge in [-0.1, -0.05) is 97.4 Å². The van der Waals surface area contributed by atoms with E-state index >= 15 is 0 Å². The lowest BCUT2D eigenvalue weighted by molar-refractivity contribution is 0.561. The zero-order valence-corrected chi connectivity index (χ0v) is 14.0. The minimum absolute atomic E-state index is 0.124. The van der Waals surface area contributed by atoms with Crippen LogP contribution >= 0.6 is 0 Å². The van der Waals surface area contributed by atoms with Gasteiger partial charge in [-0.05, 0) is 29.5 Å². The average molecular weight is 315 g/mol. The maximum Gasteiger partial charge on any atom is 0.0294 e. The lowest BCUT2D eigenvalue weighted by Gasteiger charge is -2.19. The molecule has 0 saturated heterocycles. The summed E-state index contributed by atoms with van der Waals surface area (Å²) in [6, 6.07) is 32.1. The molecule has 0 aromatic heterocycles. The lowest BCUT2D eigenvalue weighted by atomic mass is 9.86. The molecule has 0 unspecified atom stereocenters. The molecule has 24 heavy (non-hydrogen) atoms. The topological polar surface area (TPSA) is 26.0 Å². The van der Waals surface area contributed by atoms with Crippen molar-refractivity contribution in [3.63, 3.8) is 0 Å². The lowest BCUT2D eigenvalue weighted by Crippen LogP contribution is -2.11. The first kappa shape index (κ1) is 16.5. The van der Waals surface area contributed by atoms with Crippen LogP contribution in [0.15, 0.2) is 91.0 Å². The molecule has 1 nitrogen and oxygen atoms in total. The fraction of sp³-hybridized carbons (Fsp3) is 0.217. The van der Waals surface area contributed by atoms with Gasteiger partial charge in [-0.25, -0.2) is 0 Å². The van der Waals surface area contributed by atoms with E-state index in [1.54, 1.807) is 0 Å². The molecule has 0 aliphatic carbocycles. The quantitative estimate of drug-likeness (QED) is 0.595. The molecule has 0 spiro atoms. The molecular formula is C23H25N. The van der Waals surface area contributed by atoms with Crippen LogP contribution in [0.2, 0.25) is 0 Å². The van der Waals surface area contributed by atoms with Crippen LogP contribution in [0.1, 0.15) is 47.9 Å². The van der Waals surface area contributed by atoms with Crippen molar-refractivity contribution >= 4 is 0 Å². The number of hydrogen-bond donors (Lipinski definition) is 1. The predicted molar refractivity (Wildman–Crippen MR) is 102 cm³/mol. The van der Waals surface area contributed by atoms with Crippen molar-refractivity contribution in [1.82, 2.24) is 0 Å². The van der Waals surface area contributed by atoms with Gasteiger partial charge < -0.3 is 5.73 Å². The number of benzene rings is 3. The largest absolute Gasteiger partial charge is 0.324 e. The molecule has 0 heterocycles. The fourth-order valence-corrected chi connectivity index (χ4v) is 3.31. The highest BCUT2D eigenvalue weighted by atomic mass is 14.6. The first-order chi connectivity index (χ1) is 11.8.